The van der Waals surface area contributed by atoms with Gasteiger partial charge in [0.05, 0.1) is 5.56 Å². The molecule has 2 aromatic carbocycles. The number of amides is 1. The van der Waals surface area contributed by atoms with Crippen LogP contribution >= 0.6 is 23.2 Å². The van der Waals surface area contributed by atoms with Crippen LogP contribution in [0, 0.1) is 12.8 Å². The van der Waals surface area contributed by atoms with Gasteiger partial charge < -0.3 is 15.3 Å². The summed E-state index contributed by atoms with van der Waals surface area (Å²) in [6, 6.07) is 6.41. The minimum absolute atomic E-state index is 0.0105. The molecule has 0 unspecified atom stereocenters. The number of aliphatic hydroxyl groups excluding tert-OH is 1. The molecule has 2 N–H and O–H groups in total. The van der Waals surface area contributed by atoms with Gasteiger partial charge in [-0.1, -0.05) is 83.1 Å². The molecule has 1 aliphatic rings. The van der Waals surface area contributed by atoms with Gasteiger partial charge in [-0.05, 0) is 62.8 Å². The molecule has 0 atom stereocenters. The second-order valence-corrected chi connectivity index (χ2v) is 9.43. The summed E-state index contributed by atoms with van der Waals surface area (Å²) in [5, 5.41) is 11.4. The smallest absolute Gasteiger partial charge is 0.387 e. The van der Waals surface area contributed by atoms with Crippen molar-refractivity contribution in [2.45, 2.75) is 67.0 Å². The highest BCUT2D eigenvalue weighted by Crippen LogP contribution is 2.44. The molecule has 1 amide bonds. The van der Waals surface area contributed by atoms with E-state index in [1.165, 1.54) is 50.5 Å². The van der Waals surface area contributed by atoms with Gasteiger partial charge in [0.1, 0.15) is 6.61 Å². The Bertz CT molecular complexity index is 961. The van der Waals surface area contributed by atoms with Crippen LogP contribution in [-0.2, 0) is 11.0 Å². The second-order valence-electron chi connectivity index (χ2n) is 8.59. The number of halogens is 5. The molecule has 9 heteroatoms. The van der Waals surface area contributed by atoms with Crippen molar-refractivity contribution in [2.75, 3.05) is 32.1 Å². The zero-order chi connectivity index (χ0) is 28.8. The molecule has 0 aliphatic heterocycles. The Morgan fingerprint density at radius 3 is 2.00 bits per heavy atom. The van der Waals surface area contributed by atoms with E-state index in [2.05, 4.69) is 38.0 Å². The molecule has 0 aromatic heterocycles. The first kappa shape index (κ1) is 35.2. The fourth-order valence-corrected chi connectivity index (χ4v) is 3.62. The molecular weight excluding hydrogens is 524 g/mol. The van der Waals surface area contributed by atoms with Crippen LogP contribution < -0.4 is 5.32 Å². The largest absolute Gasteiger partial charge is 0.417 e. The summed E-state index contributed by atoms with van der Waals surface area (Å²) >= 11 is 11.9. The number of carbonyl (C=O) groups excluding carboxylic acids is 1. The molecular formula is C28H41Cl2F3N2O2. The van der Waals surface area contributed by atoms with E-state index < -0.39 is 24.3 Å². The Morgan fingerprint density at radius 1 is 1.11 bits per heavy atom. The van der Waals surface area contributed by atoms with Gasteiger partial charge >= 0.3 is 6.18 Å². The Morgan fingerprint density at radius 2 is 1.65 bits per heavy atom. The number of benzene rings is 2. The molecule has 0 saturated heterocycles. The first-order valence-corrected chi connectivity index (χ1v) is 13.4. The number of rotatable bonds is 5. The molecule has 210 valence electrons. The molecule has 0 spiro atoms. The predicted octanol–water partition coefficient (Wildman–Crippen LogP) is 8.71. The molecule has 2 aromatic rings. The summed E-state index contributed by atoms with van der Waals surface area (Å²) in [5.74, 6) is 0.232. The highest BCUT2D eigenvalue weighted by atomic mass is 35.5. The Hall–Kier alpha value is -1.80. The number of nitrogens with zero attached hydrogens (tertiary/aromatic N) is 1. The summed E-state index contributed by atoms with van der Waals surface area (Å²) < 4.78 is 40.5. The number of aryl methyl sites for hydroxylation is 1. The van der Waals surface area contributed by atoms with Crippen molar-refractivity contribution in [1.29, 1.82) is 0 Å². The van der Waals surface area contributed by atoms with E-state index in [4.69, 9.17) is 28.3 Å². The van der Waals surface area contributed by atoms with Crippen LogP contribution in [0.3, 0.4) is 0 Å². The number of nitrogens with one attached hydrogen (secondary N) is 1. The maximum atomic E-state index is 13.5. The van der Waals surface area contributed by atoms with Crippen LogP contribution in [0.25, 0.3) is 11.1 Å². The average Bonchev–Trinajstić information content (AvgIpc) is 2.84. The summed E-state index contributed by atoms with van der Waals surface area (Å²) in [6.45, 7) is 13.6. The van der Waals surface area contributed by atoms with E-state index in [1.807, 2.05) is 13.8 Å². The quantitative estimate of drug-likeness (QED) is 0.381. The van der Waals surface area contributed by atoms with Crippen LogP contribution in [-0.4, -0.2) is 42.7 Å². The molecule has 1 saturated carbocycles. The lowest BCUT2D eigenvalue weighted by atomic mass is 9.88. The minimum Gasteiger partial charge on any atom is -0.387 e. The molecule has 3 rings (SSSR count). The topological polar surface area (TPSA) is 52.6 Å². The van der Waals surface area contributed by atoms with Crippen LogP contribution in [0.4, 0.5) is 18.9 Å². The summed E-state index contributed by atoms with van der Waals surface area (Å²) in [4.78, 5) is 13.7. The fraction of sp³-hybridized carbons (Fsp3) is 0.536. The predicted molar refractivity (Wildman–Crippen MR) is 151 cm³/mol. The first-order valence-electron chi connectivity index (χ1n) is 12.6. The summed E-state index contributed by atoms with van der Waals surface area (Å²) in [7, 11) is 2.11. The number of aliphatic hydroxyl groups is 1. The third kappa shape index (κ3) is 12.5. The third-order valence-corrected chi connectivity index (χ3v) is 6.23. The van der Waals surface area contributed by atoms with Crippen molar-refractivity contribution in [3.63, 3.8) is 0 Å². The summed E-state index contributed by atoms with van der Waals surface area (Å²) in [5.41, 5.74) is -0.951. The first-order chi connectivity index (χ1) is 17.3. The van der Waals surface area contributed by atoms with Gasteiger partial charge in [-0.15, -0.1) is 0 Å². The van der Waals surface area contributed by atoms with Crippen LogP contribution in [0.5, 0.6) is 0 Å². The van der Waals surface area contributed by atoms with E-state index in [1.54, 1.807) is 0 Å². The van der Waals surface area contributed by atoms with E-state index in [0.29, 0.717) is 5.56 Å². The van der Waals surface area contributed by atoms with Gasteiger partial charge in [0.25, 0.3) is 0 Å². The summed E-state index contributed by atoms with van der Waals surface area (Å²) in [6.07, 6.45) is -0.204. The van der Waals surface area contributed by atoms with Crippen molar-refractivity contribution in [2.24, 2.45) is 5.92 Å². The van der Waals surface area contributed by atoms with Crippen molar-refractivity contribution in [3.8, 4) is 11.1 Å². The number of hydrogen-bond acceptors (Lipinski definition) is 3. The zero-order valence-corrected chi connectivity index (χ0v) is 24.4. The second kappa shape index (κ2) is 17.7. The highest BCUT2D eigenvalue weighted by Gasteiger charge is 2.36. The maximum Gasteiger partial charge on any atom is 0.417 e. The van der Waals surface area contributed by atoms with Gasteiger partial charge in [-0.2, -0.15) is 13.2 Å². The zero-order valence-electron chi connectivity index (χ0n) is 22.9. The molecule has 0 radical (unpaired) electrons. The molecule has 1 aliphatic carbocycles. The van der Waals surface area contributed by atoms with Crippen molar-refractivity contribution in [1.82, 2.24) is 4.90 Å². The number of hydrogen-bond donors (Lipinski definition) is 2. The van der Waals surface area contributed by atoms with Crippen LogP contribution in [0.15, 0.2) is 30.3 Å². The third-order valence-electron chi connectivity index (χ3n) is 5.68. The maximum absolute atomic E-state index is 13.5. The molecule has 0 bridgehead atoms. The van der Waals surface area contributed by atoms with E-state index in [9.17, 15) is 18.0 Å². The Balaban J connectivity index is 0.000000817. The van der Waals surface area contributed by atoms with E-state index in [-0.39, 0.29) is 26.9 Å². The van der Waals surface area contributed by atoms with Gasteiger partial charge in [0.15, 0.2) is 0 Å². The van der Waals surface area contributed by atoms with Crippen LogP contribution in [0.1, 0.15) is 65.0 Å². The normalized spacial score (nSPS) is 12.7. The van der Waals surface area contributed by atoms with Crippen molar-refractivity contribution >= 4 is 34.8 Å². The average molecular weight is 566 g/mol. The van der Waals surface area contributed by atoms with Gasteiger partial charge in [0.2, 0.25) is 5.91 Å². The Labute approximate surface area is 230 Å². The standard InChI is InChI=1S/C16H12Cl2F3NO2.C5H13N.C5H10.C2H6/c1-8-4-11(16(19,20)21)15(13(5-8)22-14(24)7-23)10-3-2-9(17)6-12(10)18;1-4-6(3)5-2;1-5-3-2-4-5;1-2/h2-6,23H,7H2,1H3,(H,22,24);4-5H2,1-3H3;5H,2-4H2,1H3;1-2H3. The van der Waals surface area contributed by atoms with Crippen molar-refractivity contribution in [3.05, 3.63) is 51.5 Å². The van der Waals surface area contributed by atoms with Gasteiger partial charge in [-0.3, -0.25) is 4.79 Å². The molecule has 37 heavy (non-hydrogen) atoms. The number of alkyl halides is 3. The van der Waals surface area contributed by atoms with E-state index >= 15 is 0 Å². The van der Waals surface area contributed by atoms with Gasteiger partial charge in [0, 0.05) is 26.9 Å². The van der Waals surface area contributed by atoms with Crippen molar-refractivity contribution < 1.29 is 23.1 Å². The molecule has 1 fully saturated rings. The van der Waals surface area contributed by atoms with Gasteiger partial charge in [-0.25, -0.2) is 0 Å². The number of anilines is 1. The lowest BCUT2D eigenvalue weighted by molar-refractivity contribution is -0.137. The monoisotopic (exact) mass is 564 g/mol. The number of carbonyl (C=O) groups is 1. The molecule has 0 heterocycles. The Kier molecular flexibility index (Phi) is 16.8. The minimum atomic E-state index is -4.66. The SMILES string of the molecule is CC.CC1CCC1.CCN(C)CC.Cc1cc(NC(=O)CO)c(-c2ccc(Cl)cc2Cl)c(C(F)(F)F)c1. The van der Waals surface area contributed by atoms with Crippen LogP contribution in [0.2, 0.25) is 10.0 Å². The van der Waals surface area contributed by atoms with E-state index in [0.717, 1.165) is 25.1 Å². The molecule has 4 nitrogen and oxygen atoms in total. The highest BCUT2D eigenvalue weighted by molar-refractivity contribution is 6.36. The fourth-order valence-electron chi connectivity index (χ4n) is 3.12. The lowest BCUT2D eigenvalue weighted by Crippen LogP contribution is -2.18. The lowest BCUT2D eigenvalue weighted by Gasteiger charge is -2.20.